The maximum Gasteiger partial charge on any atom is 0.248 e. The Hall–Kier alpha value is -2.29. The van der Waals surface area contributed by atoms with Gasteiger partial charge in [0.05, 0.1) is 0 Å². The van der Waals surface area contributed by atoms with Crippen LogP contribution in [0.15, 0.2) is 42.5 Å². The predicted molar refractivity (Wildman–Crippen MR) is 66.8 cm³/mol. The lowest BCUT2D eigenvalue weighted by Gasteiger charge is -2.07. The monoisotopic (exact) mass is 227 g/mol. The van der Waals surface area contributed by atoms with Crippen molar-refractivity contribution in [1.82, 2.24) is 0 Å². The molecule has 0 aliphatic heterocycles. The van der Waals surface area contributed by atoms with E-state index in [0.717, 1.165) is 16.7 Å². The van der Waals surface area contributed by atoms with Gasteiger partial charge in [-0.25, -0.2) is 0 Å². The number of carbonyl (C=O) groups is 1. The van der Waals surface area contributed by atoms with Gasteiger partial charge in [-0.05, 0) is 41.8 Å². The smallest absolute Gasteiger partial charge is 0.248 e. The number of rotatable bonds is 2. The van der Waals surface area contributed by atoms with Crippen LogP contribution in [-0.4, -0.2) is 11.0 Å². The van der Waals surface area contributed by atoms with Gasteiger partial charge in [0.25, 0.3) is 0 Å². The van der Waals surface area contributed by atoms with Crippen molar-refractivity contribution in [3.8, 4) is 16.9 Å². The minimum Gasteiger partial charge on any atom is -0.508 e. The fourth-order valence-corrected chi connectivity index (χ4v) is 1.81. The lowest BCUT2D eigenvalue weighted by molar-refractivity contribution is 0.1000. The van der Waals surface area contributed by atoms with Crippen LogP contribution in [0.2, 0.25) is 0 Å². The van der Waals surface area contributed by atoms with E-state index < -0.39 is 5.91 Å². The van der Waals surface area contributed by atoms with E-state index in [-0.39, 0.29) is 5.75 Å². The van der Waals surface area contributed by atoms with Gasteiger partial charge in [-0.1, -0.05) is 24.3 Å². The zero-order valence-electron chi connectivity index (χ0n) is 9.47. The van der Waals surface area contributed by atoms with Crippen LogP contribution in [0.3, 0.4) is 0 Å². The standard InChI is InChI=1S/C14H13NO2/c1-9-4-2-3-5-13(9)10-6-11(14(15)17)8-12(16)7-10/h2-8,16H,1H3,(H2,15,17). The highest BCUT2D eigenvalue weighted by atomic mass is 16.3. The number of hydrogen-bond donors (Lipinski definition) is 2. The Balaban J connectivity index is 2.60. The summed E-state index contributed by atoms with van der Waals surface area (Å²) in [6.07, 6.45) is 0. The molecular formula is C14H13NO2. The van der Waals surface area contributed by atoms with Gasteiger partial charge >= 0.3 is 0 Å². The van der Waals surface area contributed by atoms with Crippen LogP contribution in [-0.2, 0) is 0 Å². The van der Waals surface area contributed by atoms with Crippen molar-refractivity contribution < 1.29 is 9.90 Å². The van der Waals surface area contributed by atoms with Crippen molar-refractivity contribution in [3.63, 3.8) is 0 Å². The number of carbonyl (C=O) groups excluding carboxylic acids is 1. The number of phenols is 1. The van der Waals surface area contributed by atoms with Gasteiger partial charge in [-0.15, -0.1) is 0 Å². The molecule has 3 nitrogen and oxygen atoms in total. The van der Waals surface area contributed by atoms with E-state index in [1.807, 2.05) is 31.2 Å². The maximum atomic E-state index is 11.1. The fourth-order valence-electron chi connectivity index (χ4n) is 1.81. The van der Waals surface area contributed by atoms with E-state index in [9.17, 15) is 9.90 Å². The molecular weight excluding hydrogens is 214 g/mol. The molecule has 0 radical (unpaired) electrons. The molecule has 0 unspecified atom stereocenters. The SMILES string of the molecule is Cc1ccccc1-c1cc(O)cc(C(N)=O)c1. The molecule has 0 spiro atoms. The quantitative estimate of drug-likeness (QED) is 0.827. The summed E-state index contributed by atoms with van der Waals surface area (Å²) in [7, 11) is 0. The number of hydrogen-bond acceptors (Lipinski definition) is 2. The number of primary amides is 1. The van der Waals surface area contributed by atoms with Crippen molar-refractivity contribution in [2.24, 2.45) is 5.73 Å². The molecule has 0 heterocycles. The van der Waals surface area contributed by atoms with Gasteiger partial charge in [-0.3, -0.25) is 4.79 Å². The lowest BCUT2D eigenvalue weighted by Crippen LogP contribution is -2.10. The predicted octanol–water partition coefficient (Wildman–Crippen LogP) is 2.47. The Morgan fingerprint density at radius 1 is 1.18 bits per heavy atom. The van der Waals surface area contributed by atoms with E-state index in [1.54, 1.807) is 12.1 Å². The van der Waals surface area contributed by atoms with Crippen LogP contribution in [0.25, 0.3) is 11.1 Å². The Kier molecular flexibility index (Phi) is 2.83. The molecule has 2 aromatic carbocycles. The molecule has 0 atom stereocenters. The van der Waals surface area contributed by atoms with E-state index in [0.29, 0.717) is 5.56 Å². The molecule has 17 heavy (non-hydrogen) atoms. The highest BCUT2D eigenvalue weighted by Gasteiger charge is 2.07. The molecule has 0 bridgehead atoms. The molecule has 0 saturated heterocycles. The molecule has 3 N–H and O–H groups in total. The van der Waals surface area contributed by atoms with E-state index >= 15 is 0 Å². The fraction of sp³-hybridized carbons (Fsp3) is 0.0714. The molecule has 0 aliphatic rings. The molecule has 2 aromatic rings. The summed E-state index contributed by atoms with van der Waals surface area (Å²) in [5.41, 5.74) is 8.37. The van der Waals surface area contributed by atoms with Crippen LogP contribution < -0.4 is 5.73 Å². The average Bonchev–Trinajstić information content (AvgIpc) is 2.28. The van der Waals surface area contributed by atoms with Gasteiger partial charge < -0.3 is 10.8 Å². The second-order valence-electron chi connectivity index (χ2n) is 3.95. The number of amides is 1. The van der Waals surface area contributed by atoms with Crippen molar-refractivity contribution in [1.29, 1.82) is 0 Å². The van der Waals surface area contributed by atoms with Crippen LogP contribution in [0.1, 0.15) is 15.9 Å². The van der Waals surface area contributed by atoms with Crippen LogP contribution in [0.4, 0.5) is 0 Å². The van der Waals surface area contributed by atoms with Crippen molar-refractivity contribution in [2.75, 3.05) is 0 Å². The summed E-state index contributed by atoms with van der Waals surface area (Å²) < 4.78 is 0. The second kappa shape index (κ2) is 4.29. The minimum absolute atomic E-state index is 0.0413. The third-order valence-electron chi connectivity index (χ3n) is 2.66. The Morgan fingerprint density at radius 2 is 1.88 bits per heavy atom. The summed E-state index contributed by atoms with van der Waals surface area (Å²) in [4.78, 5) is 11.1. The Morgan fingerprint density at radius 3 is 2.53 bits per heavy atom. The summed E-state index contributed by atoms with van der Waals surface area (Å²) in [5, 5.41) is 9.59. The molecule has 86 valence electrons. The zero-order chi connectivity index (χ0) is 12.4. The summed E-state index contributed by atoms with van der Waals surface area (Å²) in [6, 6.07) is 12.4. The zero-order valence-corrected chi connectivity index (χ0v) is 9.47. The summed E-state index contributed by atoms with van der Waals surface area (Å²) >= 11 is 0. The first-order valence-corrected chi connectivity index (χ1v) is 5.28. The molecule has 1 amide bonds. The first-order chi connectivity index (χ1) is 8.08. The highest BCUT2D eigenvalue weighted by molar-refractivity contribution is 5.94. The normalized spacial score (nSPS) is 10.2. The first kappa shape index (κ1) is 11.2. The van der Waals surface area contributed by atoms with Crippen molar-refractivity contribution >= 4 is 5.91 Å². The molecule has 0 fully saturated rings. The minimum atomic E-state index is -0.546. The molecule has 3 heteroatoms. The largest absolute Gasteiger partial charge is 0.508 e. The van der Waals surface area contributed by atoms with Gasteiger partial charge in [0.15, 0.2) is 0 Å². The number of aryl methyl sites for hydroxylation is 1. The topological polar surface area (TPSA) is 63.3 Å². The van der Waals surface area contributed by atoms with Gasteiger partial charge in [0, 0.05) is 5.56 Å². The van der Waals surface area contributed by atoms with Crippen LogP contribution >= 0.6 is 0 Å². The number of nitrogens with two attached hydrogens (primary N) is 1. The third-order valence-corrected chi connectivity index (χ3v) is 2.66. The van der Waals surface area contributed by atoms with Crippen molar-refractivity contribution in [2.45, 2.75) is 6.92 Å². The molecule has 2 rings (SSSR count). The molecule has 0 saturated carbocycles. The number of aromatic hydroxyl groups is 1. The maximum absolute atomic E-state index is 11.1. The number of benzene rings is 2. The Bertz CT molecular complexity index is 576. The molecule has 0 aromatic heterocycles. The van der Waals surface area contributed by atoms with E-state index in [2.05, 4.69) is 0 Å². The number of phenolic OH excluding ortho intramolecular Hbond substituents is 1. The summed E-state index contributed by atoms with van der Waals surface area (Å²) in [6.45, 7) is 1.98. The highest BCUT2D eigenvalue weighted by Crippen LogP contribution is 2.27. The average molecular weight is 227 g/mol. The first-order valence-electron chi connectivity index (χ1n) is 5.28. The third kappa shape index (κ3) is 2.28. The Labute approximate surface area is 99.5 Å². The van der Waals surface area contributed by atoms with Crippen molar-refractivity contribution in [3.05, 3.63) is 53.6 Å². The van der Waals surface area contributed by atoms with Gasteiger partial charge in [-0.2, -0.15) is 0 Å². The molecule has 0 aliphatic carbocycles. The van der Waals surface area contributed by atoms with Crippen LogP contribution in [0, 0.1) is 6.92 Å². The summed E-state index contributed by atoms with van der Waals surface area (Å²) in [5.74, 6) is -0.504. The van der Waals surface area contributed by atoms with Gasteiger partial charge in [0.2, 0.25) is 5.91 Å². The van der Waals surface area contributed by atoms with Crippen LogP contribution in [0.5, 0.6) is 5.75 Å². The second-order valence-corrected chi connectivity index (χ2v) is 3.95. The van der Waals surface area contributed by atoms with Gasteiger partial charge in [0.1, 0.15) is 5.75 Å². The lowest BCUT2D eigenvalue weighted by atomic mass is 9.98. The van der Waals surface area contributed by atoms with E-state index in [1.165, 1.54) is 6.07 Å². The van der Waals surface area contributed by atoms with E-state index in [4.69, 9.17) is 5.73 Å².